The van der Waals surface area contributed by atoms with Crippen molar-refractivity contribution >= 4 is 0 Å². The minimum Gasteiger partial charge on any atom is -0.396 e. The molecule has 5 rings (SSSR count). The van der Waals surface area contributed by atoms with Crippen molar-refractivity contribution in [2.24, 2.45) is 29.6 Å². The predicted octanol–water partition coefficient (Wildman–Crippen LogP) is 2.37. The van der Waals surface area contributed by atoms with Gasteiger partial charge in [-0.05, 0) is 59.0 Å². The topological polar surface area (TPSA) is 20.2 Å². The highest BCUT2D eigenvalue weighted by molar-refractivity contribution is 5.51. The van der Waals surface area contributed by atoms with Crippen molar-refractivity contribution in [3.8, 4) is 0 Å². The molecule has 0 aromatic heterocycles. The van der Waals surface area contributed by atoms with Gasteiger partial charge in [0.25, 0.3) is 0 Å². The molecule has 0 radical (unpaired) electrons. The van der Waals surface area contributed by atoms with E-state index in [1.165, 1.54) is 6.42 Å². The highest BCUT2D eigenvalue weighted by Gasteiger charge is 2.73. The van der Waals surface area contributed by atoms with Crippen LogP contribution in [0.5, 0.6) is 0 Å². The van der Waals surface area contributed by atoms with Crippen molar-refractivity contribution in [3.05, 3.63) is 35.4 Å². The Morgan fingerprint density at radius 2 is 1.56 bits per heavy atom. The summed E-state index contributed by atoms with van der Waals surface area (Å²) >= 11 is 0. The Kier molecular flexibility index (Phi) is 1.23. The van der Waals surface area contributed by atoms with Crippen LogP contribution in [0.4, 0.5) is 0 Å². The van der Waals surface area contributed by atoms with Gasteiger partial charge in [-0.25, -0.2) is 0 Å². The molecular formula is C15H16O. The lowest BCUT2D eigenvalue weighted by Gasteiger charge is -2.42. The summed E-state index contributed by atoms with van der Waals surface area (Å²) in [6, 6.07) is 9.05. The van der Waals surface area contributed by atoms with Crippen molar-refractivity contribution in [2.45, 2.75) is 18.3 Å². The fourth-order valence-corrected chi connectivity index (χ4v) is 5.68. The van der Waals surface area contributed by atoms with Gasteiger partial charge in [0.05, 0.1) is 0 Å². The van der Waals surface area contributed by atoms with Gasteiger partial charge in [-0.1, -0.05) is 24.3 Å². The molecule has 0 amide bonds. The lowest BCUT2D eigenvalue weighted by Crippen LogP contribution is -2.30. The van der Waals surface area contributed by atoms with Crippen LogP contribution >= 0.6 is 0 Å². The predicted molar refractivity (Wildman–Crippen MR) is 61.1 cm³/mol. The van der Waals surface area contributed by atoms with Crippen molar-refractivity contribution in [2.75, 3.05) is 6.61 Å². The molecular weight excluding hydrogens is 196 g/mol. The normalized spacial score (nSPS) is 53.9. The molecule has 4 aliphatic carbocycles. The van der Waals surface area contributed by atoms with Crippen molar-refractivity contribution in [1.82, 2.24) is 0 Å². The number of aliphatic hydroxyl groups is 1. The van der Waals surface area contributed by atoms with E-state index in [2.05, 4.69) is 24.3 Å². The van der Waals surface area contributed by atoms with Crippen LogP contribution in [0.3, 0.4) is 0 Å². The lowest BCUT2D eigenvalue weighted by atomic mass is 9.61. The molecule has 1 N–H and O–H groups in total. The maximum absolute atomic E-state index is 9.39. The molecule has 1 aromatic carbocycles. The zero-order chi connectivity index (χ0) is 10.4. The maximum atomic E-state index is 9.39. The quantitative estimate of drug-likeness (QED) is 0.709. The number of hydrogen-bond acceptors (Lipinski definition) is 1. The van der Waals surface area contributed by atoms with Crippen LogP contribution in [-0.2, 0) is 0 Å². The Bertz CT molecular complexity index is 439. The summed E-state index contributed by atoms with van der Waals surface area (Å²) in [4.78, 5) is 0. The second-order valence-electron chi connectivity index (χ2n) is 6.25. The molecule has 1 heteroatoms. The van der Waals surface area contributed by atoms with E-state index in [9.17, 15) is 5.11 Å². The van der Waals surface area contributed by atoms with Gasteiger partial charge in [-0.15, -0.1) is 0 Å². The third kappa shape index (κ3) is 0.666. The SMILES string of the molecule is OCC1[C@@H]2[C@@H]3C[C@@H]([C@H]4c5ccccc5[C@@H]34)[C@H]12. The van der Waals surface area contributed by atoms with Crippen molar-refractivity contribution < 1.29 is 5.11 Å². The largest absolute Gasteiger partial charge is 0.396 e. The zero-order valence-corrected chi connectivity index (χ0v) is 9.21. The van der Waals surface area contributed by atoms with Crippen LogP contribution in [0.15, 0.2) is 24.3 Å². The number of rotatable bonds is 1. The molecule has 4 aliphatic rings. The second-order valence-corrected chi connectivity index (χ2v) is 6.25. The third-order valence-corrected chi connectivity index (χ3v) is 6.06. The Morgan fingerprint density at radius 1 is 1.00 bits per heavy atom. The summed E-state index contributed by atoms with van der Waals surface area (Å²) in [7, 11) is 0. The van der Waals surface area contributed by atoms with Crippen LogP contribution in [0.2, 0.25) is 0 Å². The summed E-state index contributed by atoms with van der Waals surface area (Å²) < 4.78 is 0. The molecule has 0 saturated heterocycles. The average Bonchev–Trinajstić information content (AvgIpc) is 2.82. The van der Waals surface area contributed by atoms with Crippen LogP contribution in [-0.4, -0.2) is 11.7 Å². The standard InChI is InChI=1S/C15H16O/c16-6-11-14-9-5-10(15(11)14)13-8-4-2-1-3-7(8)12(9)13/h1-4,9-16H,5-6H2/t9-,10+,11?,12+,13-,14+,15-. The Labute approximate surface area is 95.5 Å². The monoisotopic (exact) mass is 212 g/mol. The first kappa shape index (κ1) is 8.30. The zero-order valence-electron chi connectivity index (χ0n) is 9.21. The molecule has 3 saturated carbocycles. The molecule has 16 heavy (non-hydrogen) atoms. The van der Waals surface area contributed by atoms with E-state index in [4.69, 9.17) is 0 Å². The molecule has 1 unspecified atom stereocenters. The number of hydrogen-bond donors (Lipinski definition) is 1. The maximum Gasteiger partial charge on any atom is 0.0464 e. The Balaban J connectivity index is 1.61. The highest BCUT2D eigenvalue weighted by atomic mass is 16.3. The molecule has 0 spiro atoms. The van der Waals surface area contributed by atoms with Crippen LogP contribution in [0, 0.1) is 29.6 Å². The van der Waals surface area contributed by atoms with Crippen LogP contribution in [0.25, 0.3) is 0 Å². The summed E-state index contributed by atoms with van der Waals surface area (Å²) in [5, 5.41) is 9.39. The van der Waals surface area contributed by atoms with E-state index < -0.39 is 0 Å². The fourth-order valence-electron chi connectivity index (χ4n) is 5.68. The van der Waals surface area contributed by atoms with Crippen molar-refractivity contribution in [1.29, 1.82) is 0 Å². The first-order chi connectivity index (χ1) is 7.92. The number of benzene rings is 1. The molecule has 0 aliphatic heterocycles. The second kappa shape index (κ2) is 2.38. The van der Waals surface area contributed by atoms with E-state index in [0.29, 0.717) is 12.5 Å². The number of fused-ring (bicyclic) bond motifs is 11. The minimum atomic E-state index is 0.443. The van der Waals surface area contributed by atoms with E-state index in [-0.39, 0.29) is 0 Å². The first-order valence-corrected chi connectivity index (χ1v) is 6.61. The molecule has 3 fully saturated rings. The van der Waals surface area contributed by atoms with Gasteiger partial charge in [0, 0.05) is 6.61 Å². The molecule has 1 nitrogen and oxygen atoms in total. The van der Waals surface area contributed by atoms with Gasteiger partial charge in [-0.2, -0.15) is 0 Å². The Morgan fingerprint density at radius 3 is 2.06 bits per heavy atom. The number of aliphatic hydroxyl groups excluding tert-OH is 1. The smallest absolute Gasteiger partial charge is 0.0464 e. The molecule has 82 valence electrons. The molecule has 2 bridgehead atoms. The van der Waals surface area contributed by atoms with Gasteiger partial charge in [-0.3, -0.25) is 0 Å². The van der Waals surface area contributed by atoms with Gasteiger partial charge >= 0.3 is 0 Å². The van der Waals surface area contributed by atoms with Gasteiger partial charge in [0.2, 0.25) is 0 Å². The van der Waals surface area contributed by atoms with Crippen molar-refractivity contribution in [3.63, 3.8) is 0 Å². The Hall–Kier alpha value is -0.820. The van der Waals surface area contributed by atoms with Gasteiger partial charge in [0.15, 0.2) is 0 Å². The van der Waals surface area contributed by atoms with Gasteiger partial charge < -0.3 is 5.11 Å². The fraction of sp³-hybridized carbons (Fsp3) is 0.600. The lowest BCUT2D eigenvalue weighted by molar-refractivity contribution is 0.243. The third-order valence-electron chi connectivity index (χ3n) is 6.06. The van der Waals surface area contributed by atoms with Crippen LogP contribution < -0.4 is 0 Å². The summed E-state index contributed by atoms with van der Waals surface area (Å²) in [5.41, 5.74) is 3.28. The van der Waals surface area contributed by atoms with E-state index in [0.717, 1.165) is 35.5 Å². The highest BCUT2D eigenvalue weighted by Crippen LogP contribution is 2.79. The summed E-state index contributed by atoms with van der Waals surface area (Å²) in [6.45, 7) is 0.443. The minimum absolute atomic E-state index is 0.443. The van der Waals surface area contributed by atoms with E-state index in [1.807, 2.05) is 0 Å². The first-order valence-electron chi connectivity index (χ1n) is 6.61. The van der Waals surface area contributed by atoms with Gasteiger partial charge in [0.1, 0.15) is 0 Å². The van der Waals surface area contributed by atoms with Crippen LogP contribution in [0.1, 0.15) is 29.4 Å². The molecule has 0 heterocycles. The molecule has 1 aromatic rings. The molecule has 7 atom stereocenters. The van der Waals surface area contributed by atoms with E-state index in [1.54, 1.807) is 11.1 Å². The van der Waals surface area contributed by atoms with E-state index >= 15 is 0 Å². The average molecular weight is 212 g/mol. The summed E-state index contributed by atoms with van der Waals surface area (Å²) in [6.07, 6.45) is 1.45. The summed E-state index contributed by atoms with van der Waals surface area (Å²) in [5.74, 6) is 6.05.